The summed E-state index contributed by atoms with van der Waals surface area (Å²) < 4.78 is 36.4. The number of carboxylic acid groups (broad SMARTS) is 1. The first-order valence-electron chi connectivity index (χ1n) is 13.4. The van der Waals surface area contributed by atoms with Gasteiger partial charge in [-0.05, 0) is 73.4 Å². The minimum atomic E-state index is -2.99. The van der Waals surface area contributed by atoms with Gasteiger partial charge in [0.05, 0.1) is 24.0 Å². The SMILES string of the molecule is CCC/C=C/C(O)[C@@H]1CC[C@H]1CN1CC2(CCC(F)(F)c3cc(Cl)ccc32)COc2ccc(C(=O)O)cc21. The Kier molecular flexibility index (Phi) is 7.44. The van der Waals surface area contributed by atoms with Crippen molar-refractivity contribution in [3.63, 3.8) is 0 Å². The monoisotopic (exact) mass is 545 g/mol. The number of aliphatic hydroxyl groups is 1. The van der Waals surface area contributed by atoms with Crippen LogP contribution in [-0.2, 0) is 11.3 Å². The van der Waals surface area contributed by atoms with E-state index >= 15 is 8.78 Å². The van der Waals surface area contributed by atoms with Crippen LogP contribution in [0.5, 0.6) is 5.75 Å². The number of benzene rings is 2. The molecule has 2 aromatic carbocycles. The molecule has 0 aromatic heterocycles. The molecule has 4 atom stereocenters. The molecule has 204 valence electrons. The smallest absolute Gasteiger partial charge is 0.335 e. The van der Waals surface area contributed by atoms with Gasteiger partial charge in [0.2, 0.25) is 0 Å². The molecule has 0 saturated heterocycles. The number of aromatic carboxylic acids is 1. The molecule has 2 aliphatic carbocycles. The minimum Gasteiger partial charge on any atom is -0.490 e. The number of hydrogen-bond donors (Lipinski definition) is 2. The van der Waals surface area contributed by atoms with E-state index in [9.17, 15) is 15.0 Å². The predicted molar refractivity (Wildman–Crippen MR) is 144 cm³/mol. The van der Waals surface area contributed by atoms with Crippen molar-refractivity contribution in [1.82, 2.24) is 0 Å². The zero-order valence-electron chi connectivity index (χ0n) is 21.5. The number of anilines is 1. The Morgan fingerprint density at radius 2 is 2.03 bits per heavy atom. The number of fused-ring (bicyclic) bond motifs is 3. The molecule has 5 rings (SSSR count). The molecule has 8 heteroatoms. The summed E-state index contributed by atoms with van der Waals surface area (Å²) in [5.41, 5.74) is 0.542. The third-order valence-electron chi connectivity index (χ3n) is 8.57. The van der Waals surface area contributed by atoms with Crippen LogP contribution >= 0.6 is 11.6 Å². The van der Waals surface area contributed by atoms with Gasteiger partial charge in [0.1, 0.15) is 5.75 Å². The lowest BCUT2D eigenvalue weighted by atomic mass is 9.67. The number of ether oxygens (including phenoxy) is 1. The zero-order chi connectivity index (χ0) is 27.1. The lowest BCUT2D eigenvalue weighted by Crippen LogP contribution is -2.50. The van der Waals surface area contributed by atoms with E-state index in [4.69, 9.17) is 16.3 Å². The zero-order valence-corrected chi connectivity index (χ0v) is 22.3. The normalized spacial score (nSPS) is 26.7. The fourth-order valence-electron chi connectivity index (χ4n) is 6.26. The number of rotatable bonds is 7. The van der Waals surface area contributed by atoms with Crippen LogP contribution in [0.15, 0.2) is 48.6 Å². The number of carbonyl (C=O) groups is 1. The predicted octanol–water partition coefficient (Wildman–Crippen LogP) is 6.80. The molecule has 1 aliphatic heterocycles. The molecule has 2 aromatic rings. The van der Waals surface area contributed by atoms with E-state index in [1.807, 2.05) is 12.2 Å². The highest BCUT2D eigenvalue weighted by Gasteiger charge is 2.51. The first-order valence-corrected chi connectivity index (χ1v) is 13.8. The molecule has 2 N–H and O–H groups in total. The fraction of sp³-hybridized carbons (Fsp3) is 0.500. The molecule has 1 saturated carbocycles. The van der Waals surface area contributed by atoms with Crippen LogP contribution in [-0.4, -0.2) is 42.0 Å². The maximum atomic E-state index is 15.0. The molecule has 38 heavy (non-hydrogen) atoms. The molecule has 0 bridgehead atoms. The Balaban J connectivity index is 1.51. The number of allylic oxidation sites excluding steroid dienone is 1. The van der Waals surface area contributed by atoms with Crippen LogP contribution in [0.2, 0.25) is 5.02 Å². The summed E-state index contributed by atoms with van der Waals surface area (Å²) >= 11 is 6.14. The highest BCUT2D eigenvalue weighted by atomic mass is 35.5. The summed E-state index contributed by atoms with van der Waals surface area (Å²) in [7, 11) is 0. The molecular formula is C30H34ClF2NO4. The summed E-state index contributed by atoms with van der Waals surface area (Å²) in [6.07, 6.45) is 7.04. The molecule has 1 spiro atoms. The van der Waals surface area contributed by atoms with E-state index in [-0.39, 0.29) is 47.4 Å². The lowest BCUT2D eigenvalue weighted by molar-refractivity contribution is -0.0361. The van der Waals surface area contributed by atoms with Gasteiger partial charge in [-0.2, -0.15) is 0 Å². The van der Waals surface area contributed by atoms with Crippen molar-refractivity contribution in [3.8, 4) is 5.75 Å². The maximum absolute atomic E-state index is 15.0. The second kappa shape index (κ2) is 10.5. The van der Waals surface area contributed by atoms with E-state index in [1.165, 1.54) is 12.1 Å². The van der Waals surface area contributed by atoms with E-state index in [1.54, 1.807) is 24.3 Å². The first-order chi connectivity index (χ1) is 18.1. The Bertz CT molecular complexity index is 1230. The summed E-state index contributed by atoms with van der Waals surface area (Å²) in [4.78, 5) is 13.9. The van der Waals surface area contributed by atoms with Gasteiger partial charge in [-0.1, -0.05) is 43.2 Å². The molecule has 0 radical (unpaired) electrons. The number of hydrogen-bond acceptors (Lipinski definition) is 4. The van der Waals surface area contributed by atoms with Gasteiger partial charge in [-0.15, -0.1) is 0 Å². The van der Waals surface area contributed by atoms with E-state index in [0.717, 1.165) is 25.7 Å². The third-order valence-corrected chi connectivity index (χ3v) is 8.80. The number of nitrogens with zero attached hydrogens (tertiary/aromatic N) is 1. The summed E-state index contributed by atoms with van der Waals surface area (Å²) in [6.45, 7) is 3.27. The summed E-state index contributed by atoms with van der Waals surface area (Å²) in [6, 6.07) is 9.49. The molecular weight excluding hydrogens is 512 g/mol. The van der Waals surface area contributed by atoms with Gasteiger partial charge in [-0.3, -0.25) is 0 Å². The van der Waals surface area contributed by atoms with Crippen molar-refractivity contribution < 1.29 is 28.5 Å². The number of aliphatic hydroxyl groups excluding tert-OH is 1. The van der Waals surface area contributed by atoms with E-state index in [2.05, 4.69) is 11.8 Å². The van der Waals surface area contributed by atoms with Gasteiger partial charge in [0.15, 0.2) is 0 Å². The average molecular weight is 546 g/mol. The molecule has 2 unspecified atom stereocenters. The molecule has 1 fully saturated rings. The number of unbranched alkanes of at least 4 members (excludes halogenated alkanes) is 1. The van der Waals surface area contributed by atoms with Crippen molar-refractivity contribution >= 4 is 23.3 Å². The van der Waals surface area contributed by atoms with Crippen molar-refractivity contribution in [2.75, 3.05) is 24.6 Å². The van der Waals surface area contributed by atoms with Crippen LogP contribution in [0.1, 0.15) is 66.9 Å². The minimum absolute atomic E-state index is 0.0602. The number of alkyl halides is 2. The van der Waals surface area contributed by atoms with Gasteiger partial charge < -0.3 is 19.8 Å². The van der Waals surface area contributed by atoms with Crippen molar-refractivity contribution in [3.05, 3.63) is 70.3 Å². The van der Waals surface area contributed by atoms with Crippen molar-refractivity contribution in [1.29, 1.82) is 0 Å². The van der Waals surface area contributed by atoms with Crippen LogP contribution in [0.25, 0.3) is 0 Å². The summed E-state index contributed by atoms with van der Waals surface area (Å²) in [5, 5.41) is 20.7. The largest absolute Gasteiger partial charge is 0.490 e. The van der Waals surface area contributed by atoms with Crippen LogP contribution in [0.3, 0.4) is 0 Å². The van der Waals surface area contributed by atoms with Crippen molar-refractivity contribution in [2.45, 2.75) is 62.9 Å². The molecule has 0 amide bonds. The number of halogens is 3. The Morgan fingerprint density at radius 1 is 1.21 bits per heavy atom. The van der Waals surface area contributed by atoms with Crippen molar-refractivity contribution in [2.24, 2.45) is 11.8 Å². The highest BCUT2D eigenvalue weighted by Crippen LogP contribution is 2.52. The molecule has 1 heterocycles. The highest BCUT2D eigenvalue weighted by molar-refractivity contribution is 6.30. The summed E-state index contributed by atoms with van der Waals surface area (Å²) in [5.74, 6) is -3.21. The van der Waals surface area contributed by atoms with Gasteiger partial charge in [0, 0.05) is 35.5 Å². The fourth-order valence-corrected chi connectivity index (χ4v) is 6.43. The van der Waals surface area contributed by atoms with Crippen LogP contribution in [0, 0.1) is 11.8 Å². The second-order valence-electron chi connectivity index (χ2n) is 11.0. The first kappa shape index (κ1) is 26.9. The average Bonchev–Trinajstić information content (AvgIpc) is 3.02. The Hall–Kier alpha value is -2.64. The molecule has 3 aliphatic rings. The molecule has 5 nitrogen and oxygen atoms in total. The number of carboxylic acids is 1. The van der Waals surface area contributed by atoms with E-state index < -0.39 is 23.4 Å². The maximum Gasteiger partial charge on any atom is 0.335 e. The topological polar surface area (TPSA) is 70.0 Å². The van der Waals surface area contributed by atoms with Gasteiger partial charge in [-0.25, -0.2) is 13.6 Å². The standard InChI is InChI=1S/C30H34ClF2NO4/c1-2-3-4-5-26(35)22-9-6-20(22)16-34-17-29(18-38-27-11-7-19(28(36)37)14-25(27)34)12-13-30(32,33)24-15-21(31)8-10-23(24)29/h4-5,7-8,10-11,14-15,20,22,26,35H,2-3,6,9,12-13,16-18H2,1H3,(H,36,37)/b5-4+/t20-,22+,26?,29?/m0/s1. The van der Waals surface area contributed by atoms with Crippen LogP contribution < -0.4 is 9.64 Å². The van der Waals surface area contributed by atoms with Gasteiger partial charge in [0.25, 0.3) is 5.92 Å². The second-order valence-corrected chi connectivity index (χ2v) is 11.5. The van der Waals surface area contributed by atoms with E-state index in [0.29, 0.717) is 30.1 Å². The van der Waals surface area contributed by atoms with Gasteiger partial charge >= 0.3 is 5.97 Å². The Labute approximate surface area is 227 Å². The quantitative estimate of drug-likeness (QED) is 0.374. The Morgan fingerprint density at radius 3 is 2.74 bits per heavy atom. The lowest BCUT2D eigenvalue weighted by Gasteiger charge is -2.46. The third kappa shape index (κ3) is 5.03. The van der Waals surface area contributed by atoms with Crippen LogP contribution in [0.4, 0.5) is 14.5 Å².